The molecule has 6 nitrogen and oxygen atoms in total. The van der Waals surface area contributed by atoms with Gasteiger partial charge in [0, 0.05) is 8.07 Å². The summed E-state index contributed by atoms with van der Waals surface area (Å²) >= 11 is 0. The Bertz CT molecular complexity index is 386. The van der Waals surface area contributed by atoms with Gasteiger partial charge in [-0.2, -0.15) is 0 Å². The van der Waals surface area contributed by atoms with Crippen molar-refractivity contribution >= 4 is 8.07 Å². The van der Waals surface area contributed by atoms with E-state index in [0.717, 1.165) is 6.04 Å². The summed E-state index contributed by atoms with van der Waals surface area (Å²) in [5, 5.41) is 21.0. The third kappa shape index (κ3) is 3.66. The molecule has 0 aromatic heterocycles. The third-order valence-corrected chi connectivity index (χ3v) is 6.06. The fourth-order valence-corrected chi connectivity index (χ4v) is 3.99. The molecule has 21 heavy (non-hydrogen) atoms. The Balaban J connectivity index is 2.15. The van der Waals surface area contributed by atoms with E-state index in [1.54, 1.807) is 13.8 Å². The Hall–Kier alpha value is -0.0231. The highest BCUT2D eigenvalue weighted by molar-refractivity contribution is 6.76. The number of aliphatic hydroxyl groups is 2. The van der Waals surface area contributed by atoms with Crippen molar-refractivity contribution in [3.63, 3.8) is 0 Å². The smallest absolute Gasteiger partial charge is 0.175 e. The summed E-state index contributed by atoms with van der Waals surface area (Å²) in [6.07, 6.45) is -2.75. The number of rotatable bonds is 3. The van der Waals surface area contributed by atoms with Crippen molar-refractivity contribution in [2.75, 3.05) is 6.61 Å². The van der Waals surface area contributed by atoms with E-state index in [1.807, 2.05) is 0 Å². The van der Waals surface area contributed by atoms with Crippen LogP contribution in [0.5, 0.6) is 0 Å². The number of hydrogen-bond donors (Lipinski definition) is 3. The van der Waals surface area contributed by atoms with E-state index in [1.165, 1.54) is 0 Å². The van der Waals surface area contributed by atoms with Crippen molar-refractivity contribution in [1.29, 1.82) is 0 Å². The van der Waals surface area contributed by atoms with Gasteiger partial charge in [0.05, 0.1) is 12.1 Å². The summed E-state index contributed by atoms with van der Waals surface area (Å²) in [4.78, 5) is 0. The van der Waals surface area contributed by atoms with Gasteiger partial charge in [-0.05, 0) is 20.3 Å². The molecule has 2 aliphatic heterocycles. The van der Waals surface area contributed by atoms with Gasteiger partial charge in [0.1, 0.15) is 18.3 Å². The molecule has 0 radical (unpaired) electrons. The molecule has 0 aromatic rings. The lowest BCUT2D eigenvalue weighted by atomic mass is 9.81. The number of fused-ring (bicyclic) bond motifs is 1. The number of nitrogens with two attached hydrogens (primary N) is 1. The second-order valence-electron chi connectivity index (χ2n) is 7.94. The zero-order chi connectivity index (χ0) is 16.1. The molecule has 2 rings (SSSR count). The normalized spacial score (nSPS) is 43.4. The van der Waals surface area contributed by atoms with E-state index < -0.39 is 44.0 Å². The van der Waals surface area contributed by atoms with Crippen LogP contribution in [0.1, 0.15) is 20.3 Å². The van der Waals surface area contributed by atoms with Gasteiger partial charge in [-0.25, -0.2) is 0 Å². The molecule has 124 valence electrons. The van der Waals surface area contributed by atoms with E-state index in [-0.39, 0.29) is 6.61 Å². The fourth-order valence-electron chi connectivity index (χ4n) is 2.81. The highest BCUT2D eigenvalue weighted by Crippen LogP contribution is 2.38. The van der Waals surface area contributed by atoms with Gasteiger partial charge in [0.2, 0.25) is 0 Å². The summed E-state index contributed by atoms with van der Waals surface area (Å²) in [5.41, 5.74) is 5.13. The van der Waals surface area contributed by atoms with Gasteiger partial charge in [-0.15, -0.1) is 0 Å². The minimum atomic E-state index is -1.34. The Kier molecular flexibility index (Phi) is 4.59. The summed E-state index contributed by atoms with van der Waals surface area (Å²) in [5.74, 6) is -0.784. The van der Waals surface area contributed by atoms with Crippen LogP contribution >= 0.6 is 0 Å². The molecule has 2 aliphatic rings. The average molecular weight is 319 g/mol. The quantitative estimate of drug-likeness (QED) is 0.661. The first-order valence-corrected chi connectivity index (χ1v) is 11.3. The molecule has 5 atom stereocenters. The van der Waals surface area contributed by atoms with Crippen LogP contribution in [0.2, 0.25) is 25.7 Å². The molecule has 0 aromatic carbocycles. The second-order valence-corrected chi connectivity index (χ2v) is 13.6. The Labute approximate surface area is 127 Å². The van der Waals surface area contributed by atoms with Crippen LogP contribution in [0.4, 0.5) is 0 Å². The highest BCUT2D eigenvalue weighted by Gasteiger charge is 2.56. The Morgan fingerprint density at radius 3 is 2.43 bits per heavy atom. The lowest BCUT2D eigenvalue weighted by Gasteiger charge is -2.53. The van der Waals surface area contributed by atoms with Crippen molar-refractivity contribution in [3.05, 3.63) is 0 Å². The maximum Gasteiger partial charge on any atom is 0.175 e. The molecule has 0 aliphatic carbocycles. The molecule has 2 heterocycles. The molecular weight excluding hydrogens is 290 g/mol. The first-order chi connectivity index (χ1) is 9.45. The molecule has 7 heteroatoms. The molecule has 2 unspecified atom stereocenters. The van der Waals surface area contributed by atoms with Gasteiger partial charge in [0.25, 0.3) is 0 Å². The fraction of sp³-hybridized carbons (Fsp3) is 1.00. The van der Waals surface area contributed by atoms with Gasteiger partial charge in [-0.3, -0.25) is 0 Å². The third-order valence-electron chi connectivity index (χ3n) is 4.31. The van der Waals surface area contributed by atoms with Crippen LogP contribution in [0.3, 0.4) is 0 Å². The van der Waals surface area contributed by atoms with E-state index in [0.29, 0.717) is 6.42 Å². The molecule has 4 N–H and O–H groups in total. The molecule has 0 spiro atoms. The van der Waals surface area contributed by atoms with Crippen LogP contribution in [-0.2, 0) is 14.2 Å². The predicted molar refractivity (Wildman–Crippen MR) is 81.5 cm³/mol. The first-order valence-electron chi connectivity index (χ1n) is 7.57. The average Bonchev–Trinajstić information content (AvgIpc) is 2.34. The van der Waals surface area contributed by atoms with Crippen LogP contribution in [0, 0.1) is 0 Å². The van der Waals surface area contributed by atoms with E-state index in [9.17, 15) is 10.2 Å². The topological polar surface area (TPSA) is 94.2 Å². The monoisotopic (exact) mass is 319 g/mol. The molecule has 2 fully saturated rings. The van der Waals surface area contributed by atoms with Gasteiger partial charge >= 0.3 is 0 Å². The van der Waals surface area contributed by atoms with Crippen LogP contribution in [0.25, 0.3) is 0 Å². The van der Waals surface area contributed by atoms with Crippen LogP contribution < -0.4 is 5.73 Å². The summed E-state index contributed by atoms with van der Waals surface area (Å²) < 4.78 is 16.9. The van der Waals surface area contributed by atoms with Gasteiger partial charge in [0.15, 0.2) is 12.1 Å². The van der Waals surface area contributed by atoms with E-state index >= 15 is 0 Å². The summed E-state index contributed by atoms with van der Waals surface area (Å²) in [6.45, 7) is 10.6. The lowest BCUT2D eigenvalue weighted by Crippen LogP contribution is -2.73. The predicted octanol–water partition coefficient (Wildman–Crippen LogP) is 0.642. The number of hydrogen-bond acceptors (Lipinski definition) is 6. The maximum absolute atomic E-state index is 10.7. The zero-order valence-electron chi connectivity index (χ0n) is 13.6. The van der Waals surface area contributed by atoms with Crippen molar-refractivity contribution in [2.24, 2.45) is 5.73 Å². The highest BCUT2D eigenvalue weighted by atomic mass is 28.3. The summed E-state index contributed by atoms with van der Waals surface area (Å²) in [6, 6.07) is 0.901. The van der Waals surface area contributed by atoms with E-state index in [4.69, 9.17) is 19.9 Å². The Morgan fingerprint density at radius 2 is 1.86 bits per heavy atom. The van der Waals surface area contributed by atoms with Crippen LogP contribution in [-0.4, -0.2) is 60.8 Å². The number of ether oxygens (including phenoxy) is 3. The number of aliphatic hydroxyl groups excluding tert-OH is 2. The van der Waals surface area contributed by atoms with Crippen molar-refractivity contribution in [2.45, 2.75) is 81.9 Å². The van der Waals surface area contributed by atoms with Crippen molar-refractivity contribution in [3.8, 4) is 0 Å². The Morgan fingerprint density at radius 1 is 1.24 bits per heavy atom. The van der Waals surface area contributed by atoms with Crippen molar-refractivity contribution in [1.82, 2.24) is 0 Å². The molecule has 0 bridgehead atoms. The SMILES string of the molecule is CC1(C)OC[C@H]2OC(O)C(N)(CC[Si](C)(C)C)[C@@H](O)[C@@H]2O1. The lowest BCUT2D eigenvalue weighted by molar-refractivity contribution is -0.375. The summed E-state index contributed by atoms with van der Waals surface area (Å²) in [7, 11) is -1.34. The van der Waals surface area contributed by atoms with Gasteiger partial charge in [-0.1, -0.05) is 25.7 Å². The molecule has 0 saturated carbocycles. The molecular formula is C14H29NO5Si. The maximum atomic E-state index is 10.7. The van der Waals surface area contributed by atoms with Gasteiger partial charge < -0.3 is 30.2 Å². The molecule has 0 amide bonds. The van der Waals surface area contributed by atoms with E-state index in [2.05, 4.69) is 19.6 Å². The van der Waals surface area contributed by atoms with Crippen LogP contribution in [0.15, 0.2) is 0 Å². The first kappa shape index (κ1) is 17.3. The minimum Gasteiger partial charge on any atom is -0.388 e. The van der Waals surface area contributed by atoms with Crippen molar-refractivity contribution < 1.29 is 24.4 Å². The second kappa shape index (κ2) is 5.56. The zero-order valence-corrected chi connectivity index (χ0v) is 14.6. The standard InChI is InChI=1S/C14H29NO5Si/c1-13(2)18-8-9-10(20-13)11(16)14(15,12(17)19-9)6-7-21(3,4)5/h9-12,16-17H,6-8,15H2,1-5H3/t9-,10-,11+,12?,14?/m1/s1. The molecule has 2 saturated heterocycles. The largest absolute Gasteiger partial charge is 0.388 e. The minimum absolute atomic E-state index is 0.274.